The Balaban J connectivity index is 0.000000845. The summed E-state index contributed by atoms with van der Waals surface area (Å²) >= 11 is 3.11. The van der Waals surface area contributed by atoms with Gasteiger partial charge in [-0.25, -0.2) is 15.0 Å². The van der Waals surface area contributed by atoms with Gasteiger partial charge in [0.25, 0.3) is 0 Å². The van der Waals surface area contributed by atoms with Crippen molar-refractivity contribution in [3.63, 3.8) is 0 Å². The van der Waals surface area contributed by atoms with Gasteiger partial charge in [-0.3, -0.25) is 0 Å². The van der Waals surface area contributed by atoms with Crippen LogP contribution in [0.4, 0.5) is 5.82 Å². The van der Waals surface area contributed by atoms with E-state index < -0.39 is 0 Å². The fourth-order valence-corrected chi connectivity index (χ4v) is 2.25. The van der Waals surface area contributed by atoms with E-state index in [-0.39, 0.29) is 12.4 Å². The van der Waals surface area contributed by atoms with Gasteiger partial charge in [0.05, 0.1) is 0 Å². The lowest BCUT2D eigenvalue weighted by molar-refractivity contribution is 1.18. The van der Waals surface area contributed by atoms with Gasteiger partial charge in [-0.1, -0.05) is 11.8 Å². The van der Waals surface area contributed by atoms with Gasteiger partial charge in [-0.05, 0) is 6.26 Å². The first-order valence-electron chi connectivity index (χ1n) is 3.22. The second-order valence-corrected chi connectivity index (χ2v) is 4.15. The van der Waals surface area contributed by atoms with Gasteiger partial charge in [0.1, 0.15) is 16.8 Å². The molecule has 7 heteroatoms. The highest BCUT2D eigenvalue weighted by Gasteiger charge is 2.06. The highest BCUT2D eigenvalue weighted by atomic mass is 35.5. The molecule has 0 saturated carbocycles. The summed E-state index contributed by atoms with van der Waals surface area (Å²) < 4.78 is 1.85. The largest absolute Gasteiger partial charge is 0.382 e. The number of fused-ring (bicyclic) bond motifs is 1. The molecule has 0 amide bonds. The van der Waals surface area contributed by atoms with Crippen LogP contribution in [0.2, 0.25) is 0 Å². The number of thiazole rings is 1. The Hall–Kier alpha value is -0.590. The van der Waals surface area contributed by atoms with E-state index >= 15 is 0 Å². The Morgan fingerprint density at radius 1 is 1.46 bits per heavy atom. The predicted molar refractivity (Wildman–Crippen MR) is 58.7 cm³/mol. The first-order chi connectivity index (χ1) is 5.81. The molecule has 4 nitrogen and oxygen atoms in total. The molecular formula is C6H7ClN4S2. The summed E-state index contributed by atoms with van der Waals surface area (Å²) in [5, 5.41) is 0. The van der Waals surface area contributed by atoms with Crippen LogP contribution in [0.15, 0.2) is 10.7 Å². The van der Waals surface area contributed by atoms with Gasteiger partial charge >= 0.3 is 0 Å². The first-order valence-corrected chi connectivity index (χ1v) is 5.26. The lowest BCUT2D eigenvalue weighted by Gasteiger charge is -1.88. The van der Waals surface area contributed by atoms with Crippen LogP contribution in [0.1, 0.15) is 0 Å². The molecule has 0 saturated heterocycles. The standard InChI is InChI=1S/C6H6N4S2.ClH/c1-11-6-10-5-3(12-6)4(7)8-2-9-5;/h2H,1H3,(H2,7,8,9);1H. The zero-order valence-corrected chi connectivity index (χ0v) is 9.17. The summed E-state index contributed by atoms with van der Waals surface area (Å²) in [5.41, 5.74) is 6.33. The molecule has 0 bridgehead atoms. The van der Waals surface area contributed by atoms with Crippen LogP contribution in [0.25, 0.3) is 10.3 Å². The van der Waals surface area contributed by atoms with E-state index in [1.165, 1.54) is 17.7 Å². The van der Waals surface area contributed by atoms with Crippen LogP contribution in [-0.4, -0.2) is 21.2 Å². The second kappa shape index (κ2) is 4.08. The van der Waals surface area contributed by atoms with Crippen LogP contribution in [0.5, 0.6) is 0 Å². The lowest BCUT2D eigenvalue weighted by atomic mass is 10.6. The van der Waals surface area contributed by atoms with Crippen molar-refractivity contribution in [1.29, 1.82) is 0 Å². The number of rotatable bonds is 1. The molecular weight excluding hydrogens is 228 g/mol. The molecule has 0 aliphatic rings. The van der Waals surface area contributed by atoms with Crippen LogP contribution >= 0.6 is 35.5 Å². The number of nitrogens with zero attached hydrogens (tertiary/aromatic N) is 3. The molecule has 2 aromatic heterocycles. The highest BCUT2D eigenvalue weighted by Crippen LogP contribution is 2.29. The maximum atomic E-state index is 5.63. The monoisotopic (exact) mass is 234 g/mol. The minimum atomic E-state index is 0. The Morgan fingerprint density at radius 3 is 2.85 bits per heavy atom. The van der Waals surface area contributed by atoms with Gasteiger partial charge in [-0.15, -0.1) is 23.7 Å². The number of aromatic nitrogens is 3. The number of nitrogens with two attached hydrogens (primary N) is 1. The van der Waals surface area contributed by atoms with Crippen LogP contribution in [-0.2, 0) is 0 Å². The molecule has 0 unspecified atom stereocenters. The van der Waals surface area contributed by atoms with Crippen LogP contribution in [0.3, 0.4) is 0 Å². The quantitative estimate of drug-likeness (QED) is 0.763. The normalized spacial score (nSPS) is 9.92. The molecule has 0 aromatic carbocycles. The highest BCUT2D eigenvalue weighted by molar-refractivity contribution is 8.00. The summed E-state index contributed by atoms with van der Waals surface area (Å²) in [6.45, 7) is 0. The smallest absolute Gasteiger partial charge is 0.176 e. The zero-order chi connectivity index (χ0) is 8.55. The number of nitrogen functional groups attached to an aromatic ring is 1. The van der Waals surface area contributed by atoms with Crippen molar-refractivity contribution in [2.45, 2.75) is 4.34 Å². The number of anilines is 1. The molecule has 0 aliphatic carbocycles. The van der Waals surface area contributed by atoms with Gasteiger partial charge in [-0.2, -0.15) is 0 Å². The van der Waals surface area contributed by atoms with Crippen molar-refractivity contribution in [1.82, 2.24) is 15.0 Å². The number of thioether (sulfide) groups is 1. The van der Waals surface area contributed by atoms with Gasteiger partial charge in [0.2, 0.25) is 0 Å². The second-order valence-electron chi connectivity index (χ2n) is 2.10. The minimum Gasteiger partial charge on any atom is -0.382 e. The van der Waals surface area contributed by atoms with Crippen molar-refractivity contribution in [3.8, 4) is 0 Å². The average molecular weight is 235 g/mol. The molecule has 0 spiro atoms. The molecule has 2 aromatic rings. The number of hydrogen-bond donors (Lipinski definition) is 1. The fraction of sp³-hybridized carbons (Fsp3) is 0.167. The Kier molecular flexibility index (Phi) is 3.29. The van der Waals surface area contributed by atoms with Crippen molar-refractivity contribution in [3.05, 3.63) is 6.33 Å². The lowest BCUT2D eigenvalue weighted by Crippen LogP contribution is -1.90. The van der Waals surface area contributed by atoms with Crippen LogP contribution in [0, 0.1) is 0 Å². The molecule has 2 rings (SSSR count). The van der Waals surface area contributed by atoms with E-state index in [4.69, 9.17) is 5.73 Å². The molecule has 0 aliphatic heterocycles. The molecule has 2 N–H and O–H groups in total. The van der Waals surface area contributed by atoms with E-state index in [9.17, 15) is 0 Å². The predicted octanol–water partition coefficient (Wildman–Crippen LogP) is 1.81. The minimum absolute atomic E-state index is 0. The number of halogens is 1. The Bertz CT molecular complexity index is 416. The van der Waals surface area contributed by atoms with Gasteiger partial charge in [0, 0.05) is 0 Å². The molecule has 0 atom stereocenters. The summed E-state index contributed by atoms with van der Waals surface area (Å²) in [6.07, 6.45) is 3.41. The third-order valence-electron chi connectivity index (χ3n) is 1.37. The summed E-state index contributed by atoms with van der Waals surface area (Å²) in [7, 11) is 0. The Labute approximate surface area is 89.4 Å². The maximum Gasteiger partial charge on any atom is 0.176 e. The van der Waals surface area contributed by atoms with E-state index in [1.807, 2.05) is 6.26 Å². The van der Waals surface area contributed by atoms with E-state index in [1.54, 1.807) is 11.8 Å². The summed E-state index contributed by atoms with van der Waals surface area (Å²) in [5.74, 6) is 0.512. The van der Waals surface area contributed by atoms with Crippen molar-refractivity contribution < 1.29 is 0 Å². The van der Waals surface area contributed by atoms with E-state index in [0.717, 1.165) is 9.04 Å². The SMILES string of the molecule is CSc1nc2ncnc(N)c2s1.Cl. The third kappa shape index (κ3) is 1.84. The van der Waals surface area contributed by atoms with Crippen LogP contribution < -0.4 is 5.73 Å². The van der Waals surface area contributed by atoms with Crippen molar-refractivity contribution >= 4 is 51.7 Å². The average Bonchev–Trinajstić information content (AvgIpc) is 2.49. The Morgan fingerprint density at radius 2 is 2.23 bits per heavy atom. The third-order valence-corrected chi connectivity index (χ3v) is 3.43. The summed E-state index contributed by atoms with van der Waals surface area (Å²) in [4.78, 5) is 12.1. The molecule has 2 heterocycles. The van der Waals surface area contributed by atoms with Gasteiger partial charge < -0.3 is 5.73 Å². The van der Waals surface area contributed by atoms with E-state index in [0.29, 0.717) is 11.5 Å². The zero-order valence-electron chi connectivity index (χ0n) is 6.72. The number of hydrogen-bond acceptors (Lipinski definition) is 6. The first kappa shape index (κ1) is 10.5. The molecule has 70 valence electrons. The van der Waals surface area contributed by atoms with E-state index in [2.05, 4.69) is 15.0 Å². The van der Waals surface area contributed by atoms with Crippen molar-refractivity contribution in [2.75, 3.05) is 12.0 Å². The molecule has 0 radical (unpaired) electrons. The molecule has 0 fully saturated rings. The van der Waals surface area contributed by atoms with Gasteiger partial charge in [0.15, 0.2) is 9.99 Å². The maximum absolute atomic E-state index is 5.63. The summed E-state index contributed by atoms with van der Waals surface area (Å²) in [6, 6.07) is 0. The topological polar surface area (TPSA) is 64.7 Å². The molecule has 13 heavy (non-hydrogen) atoms. The van der Waals surface area contributed by atoms with Crippen molar-refractivity contribution in [2.24, 2.45) is 0 Å². The fourth-order valence-electron chi connectivity index (χ4n) is 0.839.